The second-order valence-electron chi connectivity index (χ2n) is 5.66. The summed E-state index contributed by atoms with van der Waals surface area (Å²) in [6.07, 6.45) is -3.22. The fourth-order valence-corrected chi connectivity index (χ4v) is 3.12. The molecule has 0 amide bonds. The number of pyridine rings is 1. The Balaban J connectivity index is 2.23. The quantitative estimate of drug-likeness (QED) is 0.674. The van der Waals surface area contributed by atoms with Crippen molar-refractivity contribution >= 4 is 10.0 Å². The molecule has 0 radical (unpaired) electrons. The van der Waals surface area contributed by atoms with Gasteiger partial charge >= 0.3 is 6.18 Å². The van der Waals surface area contributed by atoms with E-state index in [1.807, 2.05) is 0 Å². The average Bonchev–Trinajstić information content (AvgIpc) is 2.60. The van der Waals surface area contributed by atoms with Gasteiger partial charge in [0.25, 0.3) is 0 Å². The highest BCUT2D eigenvalue weighted by Crippen LogP contribution is 2.36. The number of nitrogens with two attached hydrogens (primary N) is 1. The minimum Gasteiger partial charge on any atom is -0.255 e. The molecule has 3 rings (SSSR count). The van der Waals surface area contributed by atoms with E-state index in [1.54, 1.807) is 0 Å². The number of alkyl halides is 3. The molecule has 0 saturated carbocycles. The number of primary sulfonamides is 1. The lowest BCUT2D eigenvalue weighted by atomic mass is 9.97. The van der Waals surface area contributed by atoms with E-state index >= 15 is 0 Å². The number of rotatable bonds is 3. The largest absolute Gasteiger partial charge is 0.416 e. The molecule has 1 aromatic heterocycles. The Morgan fingerprint density at radius 2 is 1.67 bits per heavy atom. The maximum Gasteiger partial charge on any atom is 0.416 e. The van der Waals surface area contributed by atoms with Crippen LogP contribution in [0.1, 0.15) is 5.56 Å². The zero-order valence-corrected chi connectivity index (χ0v) is 14.4. The predicted molar refractivity (Wildman–Crippen MR) is 91.4 cm³/mol. The van der Waals surface area contributed by atoms with Crippen LogP contribution in [-0.2, 0) is 16.2 Å². The monoisotopic (exact) mass is 396 g/mol. The highest BCUT2D eigenvalue weighted by molar-refractivity contribution is 7.89. The number of nitrogens with zero attached hydrogens (tertiary/aromatic N) is 1. The molecule has 0 unspecified atom stereocenters. The molecule has 1 heterocycles. The van der Waals surface area contributed by atoms with Crippen LogP contribution in [0.15, 0.2) is 65.7 Å². The van der Waals surface area contributed by atoms with Gasteiger partial charge in [-0.05, 0) is 42.0 Å². The van der Waals surface area contributed by atoms with E-state index < -0.39 is 27.6 Å². The number of hydrogen-bond acceptors (Lipinski definition) is 3. The fourth-order valence-electron chi connectivity index (χ4n) is 2.58. The average molecular weight is 396 g/mol. The number of sulfonamides is 1. The van der Waals surface area contributed by atoms with Crippen LogP contribution in [0.2, 0.25) is 0 Å². The van der Waals surface area contributed by atoms with E-state index in [-0.39, 0.29) is 27.3 Å². The maximum absolute atomic E-state index is 14.4. The van der Waals surface area contributed by atoms with E-state index in [2.05, 4.69) is 4.98 Å². The summed E-state index contributed by atoms with van der Waals surface area (Å²) in [5.74, 6) is -0.783. The molecule has 0 saturated heterocycles. The third-order valence-electron chi connectivity index (χ3n) is 3.83. The Hall–Kier alpha value is -2.78. The summed E-state index contributed by atoms with van der Waals surface area (Å²) in [4.78, 5) is 3.71. The lowest BCUT2D eigenvalue weighted by Crippen LogP contribution is -2.12. The molecule has 140 valence electrons. The van der Waals surface area contributed by atoms with Crippen LogP contribution >= 0.6 is 0 Å². The summed E-state index contributed by atoms with van der Waals surface area (Å²) < 4.78 is 76.4. The van der Waals surface area contributed by atoms with Crippen LogP contribution in [0.3, 0.4) is 0 Å². The zero-order chi connectivity index (χ0) is 19.8. The second-order valence-corrected chi connectivity index (χ2v) is 7.23. The van der Waals surface area contributed by atoms with Crippen molar-refractivity contribution < 1.29 is 26.0 Å². The SMILES string of the molecule is NS(=O)(=O)c1ccc(F)c(-c2ncccc2-c2cccc(C(F)(F)F)c2)c1. The van der Waals surface area contributed by atoms with Crippen LogP contribution in [0.25, 0.3) is 22.4 Å². The molecule has 4 nitrogen and oxygen atoms in total. The van der Waals surface area contributed by atoms with Crippen LogP contribution in [0.5, 0.6) is 0 Å². The maximum atomic E-state index is 14.4. The van der Waals surface area contributed by atoms with Crippen LogP contribution in [0.4, 0.5) is 17.6 Å². The van der Waals surface area contributed by atoms with Gasteiger partial charge in [-0.15, -0.1) is 0 Å². The zero-order valence-electron chi connectivity index (χ0n) is 13.5. The Morgan fingerprint density at radius 1 is 0.926 bits per heavy atom. The first-order valence-electron chi connectivity index (χ1n) is 7.53. The number of halogens is 4. The van der Waals surface area contributed by atoms with Gasteiger partial charge in [-0.1, -0.05) is 18.2 Å². The summed E-state index contributed by atoms with van der Waals surface area (Å²) in [5, 5.41) is 5.08. The van der Waals surface area contributed by atoms with Gasteiger partial charge in [0.15, 0.2) is 0 Å². The molecular formula is C18H12F4N2O2S. The molecular weight excluding hydrogens is 384 g/mol. The number of hydrogen-bond donors (Lipinski definition) is 1. The highest BCUT2D eigenvalue weighted by Gasteiger charge is 2.30. The molecule has 0 spiro atoms. The van der Waals surface area contributed by atoms with Crippen molar-refractivity contribution in [1.29, 1.82) is 0 Å². The van der Waals surface area contributed by atoms with Crippen molar-refractivity contribution in [3.8, 4) is 22.4 Å². The molecule has 0 aliphatic rings. The second kappa shape index (κ2) is 6.75. The topological polar surface area (TPSA) is 73.1 Å². The van der Waals surface area contributed by atoms with Gasteiger partial charge in [0, 0.05) is 17.3 Å². The lowest BCUT2D eigenvalue weighted by Gasteiger charge is -2.13. The van der Waals surface area contributed by atoms with Gasteiger partial charge in [0.05, 0.1) is 16.2 Å². The third-order valence-corrected chi connectivity index (χ3v) is 4.74. The van der Waals surface area contributed by atoms with Crippen LogP contribution in [-0.4, -0.2) is 13.4 Å². The summed E-state index contributed by atoms with van der Waals surface area (Å²) >= 11 is 0. The van der Waals surface area contributed by atoms with Crippen LogP contribution in [0, 0.1) is 5.82 Å². The molecule has 0 fully saturated rings. The van der Waals surface area contributed by atoms with Crippen molar-refractivity contribution in [2.45, 2.75) is 11.1 Å². The summed E-state index contributed by atoms with van der Waals surface area (Å²) in [6, 6.07) is 10.4. The van der Waals surface area contributed by atoms with Gasteiger partial charge in [0.1, 0.15) is 5.82 Å². The first kappa shape index (κ1) is 19.0. The Labute approximate surface area is 152 Å². The predicted octanol–water partition coefficient (Wildman–Crippen LogP) is 4.22. The van der Waals surface area contributed by atoms with Gasteiger partial charge < -0.3 is 0 Å². The molecule has 0 aliphatic carbocycles. The molecule has 2 N–H and O–H groups in total. The van der Waals surface area contributed by atoms with Crippen LogP contribution < -0.4 is 5.14 Å². The lowest BCUT2D eigenvalue weighted by molar-refractivity contribution is -0.137. The summed E-state index contributed by atoms with van der Waals surface area (Å²) in [5.41, 5.74) is -0.676. The smallest absolute Gasteiger partial charge is 0.255 e. The number of benzene rings is 2. The fraction of sp³-hybridized carbons (Fsp3) is 0.0556. The van der Waals surface area contributed by atoms with Gasteiger partial charge in [-0.2, -0.15) is 13.2 Å². The highest BCUT2D eigenvalue weighted by atomic mass is 32.2. The van der Waals surface area contributed by atoms with E-state index in [0.29, 0.717) is 0 Å². The molecule has 0 atom stereocenters. The van der Waals surface area contributed by atoms with E-state index in [4.69, 9.17) is 5.14 Å². The van der Waals surface area contributed by atoms with E-state index in [0.717, 1.165) is 30.3 Å². The minimum atomic E-state index is -4.54. The van der Waals surface area contributed by atoms with Crippen molar-refractivity contribution in [2.24, 2.45) is 5.14 Å². The van der Waals surface area contributed by atoms with Gasteiger partial charge in [0.2, 0.25) is 10.0 Å². The summed E-state index contributed by atoms with van der Waals surface area (Å²) in [6.45, 7) is 0. The first-order valence-corrected chi connectivity index (χ1v) is 9.07. The van der Waals surface area contributed by atoms with E-state index in [1.165, 1.54) is 30.5 Å². The third kappa shape index (κ3) is 3.99. The Kier molecular flexibility index (Phi) is 4.75. The Bertz CT molecular complexity index is 1110. The molecule has 0 aliphatic heterocycles. The molecule has 3 aromatic rings. The first-order chi connectivity index (χ1) is 12.6. The standard InChI is InChI=1S/C18H12F4N2O2S/c19-16-7-6-13(27(23,25)26)10-15(16)17-14(5-2-8-24-17)11-3-1-4-12(9-11)18(20,21)22/h1-10H,(H2,23,25,26). The molecule has 2 aromatic carbocycles. The normalized spacial score (nSPS) is 12.2. The van der Waals surface area contributed by atoms with Gasteiger partial charge in [-0.3, -0.25) is 4.98 Å². The van der Waals surface area contributed by atoms with Crippen molar-refractivity contribution in [3.63, 3.8) is 0 Å². The molecule has 0 bridgehead atoms. The molecule has 9 heteroatoms. The van der Waals surface area contributed by atoms with Crippen molar-refractivity contribution in [2.75, 3.05) is 0 Å². The minimum absolute atomic E-state index is 0.000163. The molecule has 27 heavy (non-hydrogen) atoms. The number of aromatic nitrogens is 1. The van der Waals surface area contributed by atoms with Crippen molar-refractivity contribution in [3.05, 3.63) is 72.2 Å². The Morgan fingerprint density at radius 3 is 2.33 bits per heavy atom. The van der Waals surface area contributed by atoms with E-state index in [9.17, 15) is 26.0 Å². The van der Waals surface area contributed by atoms with Crippen molar-refractivity contribution in [1.82, 2.24) is 4.98 Å². The van der Waals surface area contributed by atoms with Gasteiger partial charge in [-0.25, -0.2) is 17.9 Å². The summed E-state index contributed by atoms with van der Waals surface area (Å²) in [7, 11) is -4.10.